The number of nitrogens with one attached hydrogen (secondary N) is 2. The molecule has 0 aliphatic rings. The minimum absolute atomic E-state index is 0.210. The number of para-hydroxylation sites is 1. The van der Waals surface area contributed by atoms with Crippen molar-refractivity contribution in [1.82, 2.24) is 4.98 Å². The van der Waals surface area contributed by atoms with Crippen LogP contribution in [0.1, 0.15) is 15.9 Å². The van der Waals surface area contributed by atoms with Crippen LogP contribution in [0.3, 0.4) is 0 Å². The van der Waals surface area contributed by atoms with E-state index in [9.17, 15) is 4.79 Å². The van der Waals surface area contributed by atoms with Crippen LogP contribution in [0.15, 0.2) is 60.8 Å². The predicted molar refractivity (Wildman–Crippen MR) is 105 cm³/mol. The Balaban J connectivity index is 1.73. The number of methoxy groups -OCH3 is 1. The molecule has 3 rings (SSSR count). The first kappa shape index (κ1) is 17.8. The van der Waals surface area contributed by atoms with E-state index in [0.717, 1.165) is 11.3 Å². The van der Waals surface area contributed by atoms with Crippen molar-refractivity contribution < 1.29 is 9.53 Å². The number of aromatic nitrogens is 1. The molecule has 0 unspecified atom stereocenters. The van der Waals surface area contributed by atoms with E-state index in [-0.39, 0.29) is 5.91 Å². The SMILES string of the molecule is COc1ccc(Cl)cc1Nc1ccc(C(=O)Nc2ccccc2C)cn1. The number of pyridine rings is 1. The minimum atomic E-state index is -0.210. The maximum Gasteiger partial charge on any atom is 0.257 e. The van der Waals surface area contributed by atoms with E-state index in [1.807, 2.05) is 31.2 Å². The van der Waals surface area contributed by atoms with Gasteiger partial charge in [0.2, 0.25) is 0 Å². The summed E-state index contributed by atoms with van der Waals surface area (Å²) in [6.07, 6.45) is 1.52. The predicted octanol–water partition coefficient (Wildman–Crippen LogP) is 5.05. The first-order valence-electron chi connectivity index (χ1n) is 8.00. The van der Waals surface area contributed by atoms with Crippen LogP contribution in [0.4, 0.5) is 17.2 Å². The molecule has 2 aromatic carbocycles. The van der Waals surface area contributed by atoms with Crippen molar-refractivity contribution in [2.45, 2.75) is 6.92 Å². The molecule has 26 heavy (non-hydrogen) atoms. The van der Waals surface area contributed by atoms with Crippen LogP contribution < -0.4 is 15.4 Å². The van der Waals surface area contributed by atoms with Crippen molar-refractivity contribution in [1.29, 1.82) is 0 Å². The zero-order valence-corrected chi connectivity index (χ0v) is 15.2. The van der Waals surface area contributed by atoms with Crippen molar-refractivity contribution in [2.75, 3.05) is 17.7 Å². The average molecular weight is 368 g/mol. The van der Waals surface area contributed by atoms with Gasteiger partial charge in [0.05, 0.1) is 18.4 Å². The van der Waals surface area contributed by atoms with Crippen molar-refractivity contribution in [3.63, 3.8) is 0 Å². The summed E-state index contributed by atoms with van der Waals surface area (Å²) in [5.74, 6) is 1.02. The van der Waals surface area contributed by atoms with Gasteiger partial charge in [-0.1, -0.05) is 29.8 Å². The first-order chi connectivity index (χ1) is 12.6. The third-order valence-electron chi connectivity index (χ3n) is 3.84. The zero-order chi connectivity index (χ0) is 18.5. The molecule has 0 atom stereocenters. The van der Waals surface area contributed by atoms with E-state index >= 15 is 0 Å². The second-order valence-electron chi connectivity index (χ2n) is 5.67. The van der Waals surface area contributed by atoms with Crippen LogP contribution in [0.2, 0.25) is 5.02 Å². The number of benzene rings is 2. The van der Waals surface area contributed by atoms with Crippen LogP contribution in [-0.4, -0.2) is 18.0 Å². The van der Waals surface area contributed by atoms with Gasteiger partial charge in [-0.25, -0.2) is 4.98 Å². The summed E-state index contributed by atoms with van der Waals surface area (Å²) in [6, 6.07) is 16.3. The van der Waals surface area contributed by atoms with Gasteiger partial charge in [0.25, 0.3) is 5.91 Å². The molecular formula is C20H18ClN3O2. The van der Waals surface area contributed by atoms with E-state index in [2.05, 4.69) is 15.6 Å². The molecule has 0 radical (unpaired) electrons. The molecule has 1 heterocycles. The molecule has 132 valence electrons. The summed E-state index contributed by atoms with van der Waals surface area (Å²) >= 11 is 6.03. The minimum Gasteiger partial charge on any atom is -0.495 e. The highest BCUT2D eigenvalue weighted by molar-refractivity contribution is 6.31. The number of nitrogens with zero attached hydrogens (tertiary/aromatic N) is 1. The molecule has 1 amide bonds. The van der Waals surface area contributed by atoms with E-state index in [1.54, 1.807) is 37.4 Å². The Morgan fingerprint density at radius 1 is 1.08 bits per heavy atom. The van der Waals surface area contributed by atoms with Gasteiger partial charge >= 0.3 is 0 Å². The van der Waals surface area contributed by atoms with E-state index in [0.29, 0.717) is 27.8 Å². The summed E-state index contributed by atoms with van der Waals surface area (Å²) < 4.78 is 5.30. The number of anilines is 3. The topological polar surface area (TPSA) is 63.2 Å². The zero-order valence-electron chi connectivity index (χ0n) is 14.4. The molecule has 2 N–H and O–H groups in total. The molecule has 0 spiro atoms. The number of carbonyl (C=O) groups excluding carboxylic acids is 1. The molecule has 3 aromatic rings. The Morgan fingerprint density at radius 2 is 1.88 bits per heavy atom. The standard InChI is InChI=1S/C20H18ClN3O2/c1-13-5-3-4-6-16(13)24-20(25)14-7-10-19(22-12-14)23-17-11-15(21)8-9-18(17)26-2/h3-12H,1-2H3,(H,22,23)(H,24,25). The number of hydrogen-bond donors (Lipinski definition) is 2. The van der Waals surface area contributed by atoms with Gasteiger partial charge in [-0.2, -0.15) is 0 Å². The van der Waals surface area contributed by atoms with Crippen LogP contribution in [0.25, 0.3) is 0 Å². The van der Waals surface area contributed by atoms with Gasteiger partial charge in [0.1, 0.15) is 11.6 Å². The Hall–Kier alpha value is -3.05. The second-order valence-corrected chi connectivity index (χ2v) is 6.11. The van der Waals surface area contributed by atoms with Crippen molar-refractivity contribution in [2.24, 2.45) is 0 Å². The molecule has 6 heteroatoms. The van der Waals surface area contributed by atoms with Crippen LogP contribution in [0.5, 0.6) is 5.75 Å². The van der Waals surface area contributed by atoms with Crippen molar-refractivity contribution in [3.05, 3.63) is 76.9 Å². The van der Waals surface area contributed by atoms with Gasteiger partial charge < -0.3 is 15.4 Å². The van der Waals surface area contributed by atoms with Crippen LogP contribution in [-0.2, 0) is 0 Å². The Bertz CT molecular complexity index is 927. The number of aryl methyl sites for hydroxylation is 1. The third kappa shape index (κ3) is 4.13. The monoisotopic (exact) mass is 367 g/mol. The average Bonchev–Trinajstić information content (AvgIpc) is 2.64. The second kappa shape index (κ2) is 7.89. The molecular weight excluding hydrogens is 350 g/mol. The third-order valence-corrected chi connectivity index (χ3v) is 4.08. The summed E-state index contributed by atoms with van der Waals surface area (Å²) in [4.78, 5) is 16.7. The number of halogens is 1. The molecule has 1 aromatic heterocycles. The lowest BCUT2D eigenvalue weighted by Gasteiger charge is -2.11. The van der Waals surface area contributed by atoms with Gasteiger partial charge in [0.15, 0.2) is 0 Å². The Kier molecular flexibility index (Phi) is 5.39. The lowest BCUT2D eigenvalue weighted by molar-refractivity contribution is 0.102. The lowest BCUT2D eigenvalue weighted by atomic mass is 10.2. The molecule has 0 saturated carbocycles. The molecule has 0 bridgehead atoms. The number of amides is 1. The fraction of sp³-hybridized carbons (Fsp3) is 0.100. The van der Waals surface area contributed by atoms with Crippen LogP contribution in [0, 0.1) is 6.92 Å². The number of ether oxygens (including phenoxy) is 1. The van der Waals surface area contributed by atoms with E-state index in [1.165, 1.54) is 6.20 Å². The fourth-order valence-electron chi connectivity index (χ4n) is 2.43. The van der Waals surface area contributed by atoms with E-state index < -0.39 is 0 Å². The summed E-state index contributed by atoms with van der Waals surface area (Å²) in [7, 11) is 1.58. The highest BCUT2D eigenvalue weighted by Crippen LogP contribution is 2.29. The lowest BCUT2D eigenvalue weighted by Crippen LogP contribution is -2.13. The summed E-state index contributed by atoms with van der Waals surface area (Å²) in [6.45, 7) is 1.94. The van der Waals surface area contributed by atoms with Crippen molar-refractivity contribution in [3.8, 4) is 5.75 Å². The van der Waals surface area contributed by atoms with Gasteiger partial charge in [0, 0.05) is 16.9 Å². The number of carbonyl (C=O) groups is 1. The maximum atomic E-state index is 12.4. The highest BCUT2D eigenvalue weighted by Gasteiger charge is 2.09. The quantitative estimate of drug-likeness (QED) is 0.662. The normalized spacial score (nSPS) is 10.3. The van der Waals surface area contributed by atoms with Crippen LogP contribution >= 0.6 is 11.6 Å². The number of rotatable bonds is 5. The van der Waals surface area contributed by atoms with Gasteiger partial charge in [-0.05, 0) is 48.9 Å². The molecule has 0 aliphatic carbocycles. The Labute approximate surface area is 157 Å². The Morgan fingerprint density at radius 3 is 2.58 bits per heavy atom. The van der Waals surface area contributed by atoms with Gasteiger partial charge in [-0.3, -0.25) is 4.79 Å². The number of hydrogen-bond acceptors (Lipinski definition) is 4. The molecule has 5 nitrogen and oxygen atoms in total. The summed E-state index contributed by atoms with van der Waals surface area (Å²) in [5, 5.41) is 6.61. The fourth-order valence-corrected chi connectivity index (χ4v) is 2.60. The molecule has 0 aliphatic heterocycles. The molecule has 0 fully saturated rings. The van der Waals surface area contributed by atoms with Crippen molar-refractivity contribution >= 4 is 34.7 Å². The first-order valence-corrected chi connectivity index (χ1v) is 8.38. The maximum absolute atomic E-state index is 12.4. The van der Waals surface area contributed by atoms with Gasteiger partial charge in [-0.15, -0.1) is 0 Å². The van der Waals surface area contributed by atoms with E-state index in [4.69, 9.17) is 16.3 Å². The molecule has 0 saturated heterocycles. The largest absolute Gasteiger partial charge is 0.495 e. The highest BCUT2D eigenvalue weighted by atomic mass is 35.5. The summed E-state index contributed by atoms with van der Waals surface area (Å²) in [5.41, 5.74) is 2.95. The smallest absolute Gasteiger partial charge is 0.257 e.